The number of halogens is 1. The number of ether oxygens (including phenoxy) is 1. The molecule has 0 amide bonds. The average molecular weight is 254 g/mol. The van der Waals surface area contributed by atoms with Gasteiger partial charge in [0.05, 0.1) is 6.04 Å². The summed E-state index contributed by atoms with van der Waals surface area (Å²) in [6, 6.07) is 5.74. The minimum absolute atomic E-state index is 0. The van der Waals surface area contributed by atoms with Crippen molar-refractivity contribution in [3.8, 4) is 17.1 Å². The van der Waals surface area contributed by atoms with Crippen molar-refractivity contribution in [3.05, 3.63) is 29.7 Å². The van der Waals surface area contributed by atoms with Crippen molar-refractivity contribution < 1.29 is 9.26 Å². The highest BCUT2D eigenvalue weighted by Crippen LogP contribution is 2.33. The van der Waals surface area contributed by atoms with Crippen molar-refractivity contribution in [2.24, 2.45) is 5.73 Å². The van der Waals surface area contributed by atoms with Crippen molar-refractivity contribution in [3.63, 3.8) is 0 Å². The zero-order valence-electron chi connectivity index (χ0n) is 9.21. The van der Waals surface area contributed by atoms with Gasteiger partial charge in [-0.2, -0.15) is 4.98 Å². The first-order valence-electron chi connectivity index (χ1n) is 5.07. The Bertz CT molecular complexity index is 541. The van der Waals surface area contributed by atoms with Crippen LogP contribution in [0.3, 0.4) is 0 Å². The topological polar surface area (TPSA) is 74.2 Å². The van der Waals surface area contributed by atoms with Crippen LogP contribution in [0.2, 0.25) is 0 Å². The summed E-state index contributed by atoms with van der Waals surface area (Å²) in [4.78, 5) is 4.16. The molecule has 0 saturated heterocycles. The third kappa shape index (κ3) is 1.99. The molecular weight excluding hydrogens is 242 g/mol. The maximum absolute atomic E-state index is 5.86. The van der Waals surface area contributed by atoms with Crippen LogP contribution in [0.25, 0.3) is 11.4 Å². The molecule has 0 saturated carbocycles. The molecule has 90 valence electrons. The second-order valence-electron chi connectivity index (χ2n) is 3.81. The summed E-state index contributed by atoms with van der Waals surface area (Å²) in [7, 11) is 0. The van der Waals surface area contributed by atoms with Gasteiger partial charge in [0.15, 0.2) is 0 Å². The van der Waals surface area contributed by atoms with Gasteiger partial charge in [-0.05, 0) is 6.07 Å². The van der Waals surface area contributed by atoms with Gasteiger partial charge in [-0.1, -0.05) is 17.3 Å². The molecular formula is C11H12ClN3O2. The minimum atomic E-state index is -0.0314. The van der Waals surface area contributed by atoms with Gasteiger partial charge in [0.25, 0.3) is 0 Å². The summed E-state index contributed by atoms with van der Waals surface area (Å²) in [6.07, 6.45) is 0. The largest absolute Gasteiger partial charge is 0.491 e. The molecule has 0 fully saturated rings. The standard InChI is InChI=1S/C11H11N3O2.ClH/c1-6-13-11(14-16-6)7-2-3-8-9(12)5-15-10(8)4-7;/h2-4,9H,5,12H2,1H3;1H/t9-;/m1./s1. The van der Waals surface area contributed by atoms with Crippen LogP contribution in [0.15, 0.2) is 22.7 Å². The fourth-order valence-electron chi connectivity index (χ4n) is 1.79. The number of benzene rings is 1. The van der Waals surface area contributed by atoms with E-state index >= 15 is 0 Å². The molecule has 0 spiro atoms. The van der Waals surface area contributed by atoms with E-state index in [1.54, 1.807) is 6.92 Å². The second-order valence-corrected chi connectivity index (χ2v) is 3.81. The van der Waals surface area contributed by atoms with Gasteiger partial charge >= 0.3 is 0 Å². The van der Waals surface area contributed by atoms with Crippen LogP contribution >= 0.6 is 12.4 Å². The lowest BCUT2D eigenvalue weighted by molar-refractivity contribution is 0.333. The Hall–Kier alpha value is -1.59. The van der Waals surface area contributed by atoms with Crippen LogP contribution in [0.1, 0.15) is 17.5 Å². The lowest BCUT2D eigenvalue weighted by Gasteiger charge is -2.01. The Morgan fingerprint density at radius 1 is 1.41 bits per heavy atom. The quantitative estimate of drug-likeness (QED) is 0.840. The predicted molar refractivity (Wildman–Crippen MR) is 64.1 cm³/mol. The van der Waals surface area contributed by atoms with Gasteiger partial charge in [-0.15, -0.1) is 12.4 Å². The molecule has 0 radical (unpaired) electrons. The minimum Gasteiger partial charge on any atom is -0.491 e. The number of aromatic nitrogens is 2. The van der Waals surface area contributed by atoms with Crippen molar-refractivity contribution in [1.29, 1.82) is 0 Å². The maximum Gasteiger partial charge on any atom is 0.223 e. The van der Waals surface area contributed by atoms with Gasteiger partial charge in [-0.3, -0.25) is 0 Å². The third-order valence-electron chi connectivity index (χ3n) is 2.62. The molecule has 1 aromatic heterocycles. The van der Waals surface area contributed by atoms with Gasteiger partial charge in [0, 0.05) is 18.1 Å². The number of hydrogen-bond acceptors (Lipinski definition) is 5. The number of hydrogen-bond donors (Lipinski definition) is 1. The zero-order chi connectivity index (χ0) is 11.1. The van der Waals surface area contributed by atoms with Gasteiger partial charge in [0.2, 0.25) is 11.7 Å². The number of rotatable bonds is 1. The van der Waals surface area contributed by atoms with E-state index in [0.29, 0.717) is 18.3 Å². The zero-order valence-corrected chi connectivity index (χ0v) is 10.0. The molecule has 0 unspecified atom stereocenters. The lowest BCUT2D eigenvalue weighted by Crippen LogP contribution is -2.10. The summed E-state index contributed by atoms with van der Waals surface area (Å²) in [6.45, 7) is 2.29. The van der Waals surface area contributed by atoms with Crippen molar-refractivity contribution in [2.45, 2.75) is 13.0 Å². The van der Waals surface area contributed by atoms with E-state index in [-0.39, 0.29) is 18.4 Å². The molecule has 6 heteroatoms. The summed E-state index contributed by atoms with van der Waals surface area (Å²) < 4.78 is 10.4. The van der Waals surface area contributed by atoms with Crippen LogP contribution in [0.4, 0.5) is 0 Å². The lowest BCUT2D eigenvalue weighted by atomic mass is 10.1. The maximum atomic E-state index is 5.86. The van der Waals surface area contributed by atoms with Gasteiger partial charge in [-0.25, -0.2) is 0 Å². The first kappa shape index (κ1) is 11.9. The van der Waals surface area contributed by atoms with E-state index in [2.05, 4.69) is 10.1 Å². The second kappa shape index (κ2) is 4.35. The van der Waals surface area contributed by atoms with Crippen LogP contribution in [0.5, 0.6) is 5.75 Å². The Morgan fingerprint density at radius 2 is 2.24 bits per heavy atom. The number of nitrogens with zero attached hydrogens (tertiary/aromatic N) is 2. The summed E-state index contributed by atoms with van der Waals surface area (Å²) >= 11 is 0. The van der Waals surface area contributed by atoms with Crippen LogP contribution in [-0.4, -0.2) is 16.7 Å². The Balaban J connectivity index is 0.00000108. The normalized spacial score (nSPS) is 17.2. The SMILES string of the molecule is Cc1nc(-c2ccc3c(c2)OC[C@H]3N)no1.Cl. The average Bonchev–Trinajstić information content (AvgIpc) is 2.86. The highest BCUT2D eigenvalue weighted by Gasteiger charge is 2.21. The Labute approximate surface area is 104 Å². The van der Waals surface area contributed by atoms with Crippen LogP contribution < -0.4 is 10.5 Å². The van der Waals surface area contributed by atoms with Gasteiger partial charge < -0.3 is 15.0 Å². The number of nitrogens with two attached hydrogens (primary N) is 1. The van der Waals surface area contributed by atoms with E-state index in [4.69, 9.17) is 15.0 Å². The molecule has 17 heavy (non-hydrogen) atoms. The first-order valence-corrected chi connectivity index (χ1v) is 5.07. The van der Waals surface area contributed by atoms with Crippen molar-refractivity contribution in [2.75, 3.05) is 6.61 Å². The fourth-order valence-corrected chi connectivity index (χ4v) is 1.79. The third-order valence-corrected chi connectivity index (χ3v) is 2.62. The molecule has 1 atom stereocenters. The van der Waals surface area contributed by atoms with Crippen molar-refractivity contribution in [1.82, 2.24) is 10.1 Å². The van der Waals surface area contributed by atoms with E-state index in [0.717, 1.165) is 16.9 Å². The number of fused-ring (bicyclic) bond motifs is 1. The molecule has 1 aliphatic rings. The number of aryl methyl sites for hydroxylation is 1. The summed E-state index contributed by atoms with van der Waals surface area (Å²) in [5.74, 6) is 1.94. The molecule has 2 N–H and O–H groups in total. The monoisotopic (exact) mass is 253 g/mol. The predicted octanol–water partition coefficient (Wildman–Crippen LogP) is 1.86. The van der Waals surface area contributed by atoms with Crippen LogP contribution in [0, 0.1) is 6.92 Å². The highest BCUT2D eigenvalue weighted by atomic mass is 35.5. The molecule has 3 rings (SSSR count). The molecule has 2 heterocycles. The van der Waals surface area contributed by atoms with Gasteiger partial charge in [0.1, 0.15) is 12.4 Å². The molecule has 2 aromatic rings. The van der Waals surface area contributed by atoms with E-state index in [9.17, 15) is 0 Å². The summed E-state index contributed by atoms with van der Waals surface area (Å²) in [5, 5.41) is 3.86. The highest BCUT2D eigenvalue weighted by molar-refractivity contribution is 5.85. The smallest absolute Gasteiger partial charge is 0.223 e. The molecule has 1 aliphatic heterocycles. The van der Waals surface area contributed by atoms with Crippen LogP contribution in [-0.2, 0) is 0 Å². The molecule has 0 bridgehead atoms. The van der Waals surface area contributed by atoms with Crippen molar-refractivity contribution >= 4 is 12.4 Å². The first-order chi connectivity index (χ1) is 7.74. The van der Waals surface area contributed by atoms with E-state index < -0.39 is 0 Å². The fraction of sp³-hybridized carbons (Fsp3) is 0.273. The Kier molecular flexibility index (Phi) is 3.04. The van der Waals surface area contributed by atoms with E-state index in [1.165, 1.54) is 0 Å². The Morgan fingerprint density at radius 3 is 2.94 bits per heavy atom. The molecule has 1 aromatic carbocycles. The molecule has 0 aliphatic carbocycles. The summed E-state index contributed by atoms with van der Waals surface area (Å²) in [5.41, 5.74) is 7.78. The van der Waals surface area contributed by atoms with E-state index in [1.807, 2.05) is 18.2 Å². The molecule has 5 nitrogen and oxygen atoms in total.